The molecule has 2 aromatic carbocycles. The van der Waals surface area contributed by atoms with Crippen molar-refractivity contribution in [2.24, 2.45) is 0 Å². The molecule has 3 aromatic rings. The second-order valence-electron chi connectivity index (χ2n) is 6.59. The minimum absolute atomic E-state index is 0.000446. The van der Waals surface area contributed by atoms with Crippen molar-refractivity contribution in [3.8, 4) is 17.0 Å². The fourth-order valence-corrected chi connectivity index (χ4v) is 4.78. The van der Waals surface area contributed by atoms with Crippen LogP contribution in [0.1, 0.15) is 31.1 Å². The molecule has 0 bridgehead atoms. The molecule has 0 atom stereocenters. The Labute approximate surface area is 176 Å². The summed E-state index contributed by atoms with van der Waals surface area (Å²) in [6.45, 7) is 6.63. The SMILES string of the molecule is CCOc1ccc(-c2cc(C(=O)O)c3cc(S(=O)(=O)N(CC)CC)ccc3n2)cc1. The zero-order valence-corrected chi connectivity index (χ0v) is 17.9. The Balaban J connectivity index is 2.14. The van der Waals surface area contributed by atoms with Gasteiger partial charge in [-0.1, -0.05) is 13.8 Å². The quantitative estimate of drug-likeness (QED) is 0.582. The van der Waals surface area contributed by atoms with Crippen LogP contribution < -0.4 is 4.74 Å². The van der Waals surface area contributed by atoms with Crippen LogP contribution in [0.2, 0.25) is 0 Å². The van der Waals surface area contributed by atoms with Gasteiger partial charge in [0.25, 0.3) is 0 Å². The number of hydrogen-bond acceptors (Lipinski definition) is 5. The van der Waals surface area contributed by atoms with Crippen molar-refractivity contribution in [1.82, 2.24) is 9.29 Å². The van der Waals surface area contributed by atoms with Gasteiger partial charge in [0.15, 0.2) is 0 Å². The topological polar surface area (TPSA) is 96.8 Å². The van der Waals surface area contributed by atoms with Crippen molar-refractivity contribution in [2.75, 3.05) is 19.7 Å². The molecule has 3 rings (SSSR count). The summed E-state index contributed by atoms with van der Waals surface area (Å²) in [6.07, 6.45) is 0. The number of ether oxygens (including phenoxy) is 1. The molecule has 1 aromatic heterocycles. The van der Waals surface area contributed by atoms with E-state index in [0.29, 0.717) is 36.7 Å². The number of aromatic carboxylic acids is 1. The van der Waals surface area contributed by atoms with E-state index in [1.807, 2.05) is 19.1 Å². The van der Waals surface area contributed by atoms with Crippen molar-refractivity contribution < 1.29 is 23.1 Å². The molecule has 0 radical (unpaired) electrons. The summed E-state index contributed by atoms with van der Waals surface area (Å²) in [7, 11) is -3.71. The largest absolute Gasteiger partial charge is 0.494 e. The summed E-state index contributed by atoms with van der Waals surface area (Å²) in [5.74, 6) is -0.432. The fraction of sp³-hybridized carbons (Fsp3) is 0.273. The molecular weight excluding hydrogens is 404 g/mol. The Morgan fingerprint density at radius 2 is 1.70 bits per heavy atom. The molecule has 1 N–H and O–H groups in total. The summed E-state index contributed by atoms with van der Waals surface area (Å²) in [4.78, 5) is 16.5. The number of carbonyl (C=O) groups is 1. The van der Waals surface area contributed by atoms with Crippen LogP contribution >= 0.6 is 0 Å². The molecule has 1 heterocycles. The predicted molar refractivity (Wildman–Crippen MR) is 115 cm³/mol. The first kappa shape index (κ1) is 21.7. The number of pyridine rings is 1. The van der Waals surface area contributed by atoms with E-state index in [9.17, 15) is 18.3 Å². The Morgan fingerprint density at radius 1 is 1.03 bits per heavy atom. The van der Waals surface area contributed by atoms with Crippen LogP contribution in [0.5, 0.6) is 5.75 Å². The van der Waals surface area contributed by atoms with Crippen LogP contribution in [-0.2, 0) is 10.0 Å². The maximum Gasteiger partial charge on any atom is 0.336 e. The summed E-state index contributed by atoms with van der Waals surface area (Å²) in [5.41, 5.74) is 1.64. The van der Waals surface area contributed by atoms with Gasteiger partial charge >= 0.3 is 5.97 Å². The smallest absolute Gasteiger partial charge is 0.336 e. The van der Waals surface area contributed by atoms with Gasteiger partial charge in [-0.2, -0.15) is 4.31 Å². The monoisotopic (exact) mass is 428 g/mol. The van der Waals surface area contributed by atoms with Gasteiger partial charge in [0.05, 0.1) is 28.3 Å². The number of aromatic nitrogens is 1. The summed E-state index contributed by atoms with van der Waals surface area (Å²) in [6, 6.07) is 13.1. The van der Waals surface area contributed by atoms with E-state index in [0.717, 1.165) is 5.56 Å². The van der Waals surface area contributed by atoms with E-state index in [1.165, 1.54) is 22.5 Å². The van der Waals surface area contributed by atoms with Crippen LogP contribution in [0.15, 0.2) is 53.4 Å². The lowest BCUT2D eigenvalue weighted by molar-refractivity contribution is 0.0699. The minimum atomic E-state index is -3.71. The van der Waals surface area contributed by atoms with Crippen molar-refractivity contribution in [1.29, 1.82) is 0 Å². The highest BCUT2D eigenvalue weighted by Crippen LogP contribution is 2.29. The Kier molecular flexibility index (Phi) is 6.38. The van der Waals surface area contributed by atoms with Crippen molar-refractivity contribution in [3.05, 3.63) is 54.1 Å². The number of carboxylic acid groups (broad SMARTS) is 1. The molecule has 0 amide bonds. The second-order valence-corrected chi connectivity index (χ2v) is 8.52. The Bertz CT molecular complexity index is 1170. The van der Waals surface area contributed by atoms with E-state index in [1.54, 1.807) is 32.0 Å². The van der Waals surface area contributed by atoms with Gasteiger partial charge in [0.1, 0.15) is 5.75 Å². The molecule has 8 heteroatoms. The summed E-state index contributed by atoms with van der Waals surface area (Å²) in [5, 5.41) is 10.0. The minimum Gasteiger partial charge on any atom is -0.494 e. The Morgan fingerprint density at radius 3 is 2.27 bits per heavy atom. The van der Waals surface area contributed by atoms with E-state index in [-0.39, 0.29) is 15.8 Å². The maximum atomic E-state index is 12.8. The zero-order valence-electron chi connectivity index (χ0n) is 17.1. The number of fused-ring (bicyclic) bond motifs is 1. The highest BCUT2D eigenvalue weighted by atomic mass is 32.2. The second kappa shape index (κ2) is 8.81. The lowest BCUT2D eigenvalue weighted by Gasteiger charge is -2.19. The molecule has 0 saturated carbocycles. The molecule has 30 heavy (non-hydrogen) atoms. The van der Waals surface area contributed by atoms with Gasteiger partial charge in [-0.3, -0.25) is 0 Å². The molecule has 0 aliphatic heterocycles. The van der Waals surface area contributed by atoms with Crippen molar-refractivity contribution >= 4 is 26.9 Å². The van der Waals surface area contributed by atoms with Gasteiger partial charge in [-0.15, -0.1) is 0 Å². The van der Waals surface area contributed by atoms with Crippen LogP contribution in [0, 0.1) is 0 Å². The molecule has 0 unspecified atom stereocenters. The molecular formula is C22H24N2O5S. The standard InChI is InChI=1S/C22H24N2O5S/c1-4-24(5-2)30(27,28)17-11-12-20-18(13-17)19(22(25)26)14-21(23-20)15-7-9-16(10-8-15)29-6-3/h7-14H,4-6H2,1-3H3,(H,25,26). The van der Waals surface area contributed by atoms with Crippen molar-refractivity contribution in [2.45, 2.75) is 25.7 Å². The van der Waals surface area contributed by atoms with Crippen LogP contribution in [0.4, 0.5) is 0 Å². The van der Waals surface area contributed by atoms with Gasteiger partial charge in [0, 0.05) is 24.0 Å². The molecule has 0 aliphatic carbocycles. The fourth-order valence-electron chi connectivity index (χ4n) is 3.29. The van der Waals surface area contributed by atoms with Gasteiger partial charge < -0.3 is 9.84 Å². The van der Waals surface area contributed by atoms with E-state index >= 15 is 0 Å². The van der Waals surface area contributed by atoms with Crippen molar-refractivity contribution in [3.63, 3.8) is 0 Å². The normalized spacial score (nSPS) is 11.7. The molecule has 158 valence electrons. The van der Waals surface area contributed by atoms with Gasteiger partial charge in [-0.25, -0.2) is 18.2 Å². The van der Waals surface area contributed by atoms with Gasteiger partial charge in [0.2, 0.25) is 10.0 Å². The highest BCUT2D eigenvalue weighted by Gasteiger charge is 2.23. The molecule has 7 nitrogen and oxygen atoms in total. The van der Waals surface area contributed by atoms with Crippen LogP contribution in [0.25, 0.3) is 22.2 Å². The average molecular weight is 429 g/mol. The van der Waals surface area contributed by atoms with E-state index in [4.69, 9.17) is 4.74 Å². The lowest BCUT2D eigenvalue weighted by atomic mass is 10.0. The molecule has 0 spiro atoms. The maximum absolute atomic E-state index is 12.8. The number of rotatable bonds is 8. The first-order valence-electron chi connectivity index (χ1n) is 9.73. The number of benzene rings is 2. The third-order valence-electron chi connectivity index (χ3n) is 4.81. The molecule has 0 fully saturated rings. The first-order chi connectivity index (χ1) is 14.3. The number of carboxylic acids is 1. The zero-order chi connectivity index (χ0) is 21.9. The third kappa shape index (κ3) is 4.15. The average Bonchev–Trinajstić information content (AvgIpc) is 2.74. The highest BCUT2D eigenvalue weighted by molar-refractivity contribution is 7.89. The number of nitrogens with zero attached hydrogens (tertiary/aromatic N) is 2. The number of hydrogen-bond donors (Lipinski definition) is 1. The third-order valence-corrected chi connectivity index (χ3v) is 6.86. The van der Waals surface area contributed by atoms with E-state index in [2.05, 4.69) is 4.98 Å². The lowest BCUT2D eigenvalue weighted by Crippen LogP contribution is -2.30. The van der Waals surface area contributed by atoms with Crippen LogP contribution in [0.3, 0.4) is 0 Å². The number of sulfonamides is 1. The first-order valence-corrected chi connectivity index (χ1v) is 11.2. The van der Waals surface area contributed by atoms with Gasteiger partial charge in [-0.05, 0) is 55.5 Å². The van der Waals surface area contributed by atoms with Crippen LogP contribution in [-0.4, -0.2) is 48.5 Å². The predicted octanol–water partition coefficient (Wildman–Crippen LogP) is 4.03. The molecule has 0 saturated heterocycles. The molecule has 0 aliphatic rings. The summed E-state index contributed by atoms with van der Waals surface area (Å²) < 4.78 is 32.4. The van der Waals surface area contributed by atoms with E-state index < -0.39 is 16.0 Å². The Hall–Kier alpha value is -2.97. The summed E-state index contributed by atoms with van der Waals surface area (Å²) >= 11 is 0.